The molecule has 4 nitrogen and oxygen atoms in total. The highest BCUT2D eigenvalue weighted by Crippen LogP contribution is 2.10. The molecule has 6 heteroatoms. The first-order chi connectivity index (χ1) is 9.56. The van der Waals surface area contributed by atoms with Crippen LogP contribution >= 0.6 is 23.8 Å². The summed E-state index contributed by atoms with van der Waals surface area (Å²) >= 11 is 10.9. The van der Waals surface area contributed by atoms with Crippen LogP contribution in [0.2, 0.25) is 5.02 Å². The summed E-state index contributed by atoms with van der Waals surface area (Å²) in [6, 6.07) is 6.75. The third-order valence-electron chi connectivity index (χ3n) is 2.92. The Morgan fingerprint density at radius 3 is 2.65 bits per heavy atom. The predicted molar refractivity (Wildman–Crippen MR) is 87.3 cm³/mol. The minimum absolute atomic E-state index is 0.257. The van der Waals surface area contributed by atoms with E-state index >= 15 is 0 Å². The summed E-state index contributed by atoms with van der Waals surface area (Å²) in [5.74, 6) is -0.257. The molecule has 1 aromatic rings. The van der Waals surface area contributed by atoms with Crippen LogP contribution in [0.5, 0.6) is 0 Å². The lowest BCUT2D eigenvalue weighted by molar-refractivity contribution is 0.0976. The average molecular weight is 314 g/mol. The first-order valence-corrected chi connectivity index (χ1v) is 7.42. The summed E-state index contributed by atoms with van der Waals surface area (Å²) < 4.78 is 0. The molecule has 20 heavy (non-hydrogen) atoms. The lowest BCUT2D eigenvalue weighted by Gasteiger charge is -2.18. The number of likely N-dealkylation sites (N-methyl/N-ethyl adjacent to an activating group) is 1. The number of nitrogens with one attached hydrogen (secondary N) is 2. The van der Waals surface area contributed by atoms with Crippen LogP contribution in [-0.2, 0) is 0 Å². The molecule has 2 N–H and O–H groups in total. The minimum atomic E-state index is -0.257. The summed E-state index contributed by atoms with van der Waals surface area (Å²) in [7, 11) is 0. The lowest BCUT2D eigenvalue weighted by atomic mass is 10.2. The quantitative estimate of drug-likeness (QED) is 0.791. The Hall–Kier alpha value is -1.17. The maximum absolute atomic E-state index is 11.9. The van der Waals surface area contributed by atoms with Gasteiger partial charge in [-0.15, -0.1) is 0 Å². The number of hydrogen-bond acceptors (Lipinski definition) is 3. The fourth-order valence-corrected chi connectivity index (χ4v) is 2.10. The molecule has 1 amide bonds. The third kappa shape index (κ3) is 5.86. The first kappa shape index (κ1) is 16.9. The number of benzene rings is 1. The second kappa shape index (κ2) is 8.89. The van der Waals surface area contributed by atoms with E-state index in [0.29, 0.717) is 22.2 Å². The van der Waals surface area contributed by atoms with E-state index in [-0.39, 0.29) is 5.91 Å². The number of halogens is 1. The summed E-state index contributed by atoms with van der Waals surface area (Å²) in [6.45, 7) is 7.82. The molecular formula is C14H20ClN3OS. The highest BCUT2D eigenvalue weighted by molar-refractivity contribution is 7.80. The van der Waals surface area contributed by atoms with Gasteiger partial charge in [-0.3, -0.25) is 10.1 Å². The van der Waals surface area contributed by atoms with Crippen LogP contribution in [0.25, 0.3) is 0 Å². The Kier molecular flexibility index (Phi) is 7.51. The Morgan fingerprint density at radius 2 is 2.05 bits per heavy atom. The third-order valence-corrected chi connectivity index (χ3v) is 3.40. The molecule has 0 aliphatic rings. The van der Waals surface area contributed by atoms with Crippen molar-refractivity contribution in [2.75, 3.05) is 26.2 Å². The Labute approximate surface area is 130 Å². The van der Waals surface area contributed by atoms with E-state index < -0.39 is 0 Å². The molecule has 0 fully saturated rings. The minimum Gasteiger partial charge on any atom is -0.361 e. The van der Waals surface area contributed by atoms with Crippen LogP contribution < -0.4 is 10.6 Å². The molecule has 110 valence electrons. The molecule has 0 saturated heterocycles. The van der Waals surface area contributed by atoms with Crippen molar-refractivity contribution in [3.63, 3.8) is 0 Å². The van der Waals surface area contributed by atoms with Crippen molar-refractivity contribution >= 4 is 34.8 Å². The van der Waals surface area contributed by atoms with Crippen molar-refractivity contribution in [3.8, 4) is 0 Å². The topological polar surface area (TPSA) is 44.4 Å². The van der Waals surface area contributed by atoms with Crippen molar-refractivity contribution in [1.29, 1.82) is 0 Å². The van der Waals surface area contributed by atoms with E-state index in [1.54, 1.807) is 24.3 Å². The second-order valence-electron chi connectivity index (χ2n) is 4.25. The molecule has 0 aliphatic carbocycles. The van der Waals surface area contributed by atoms with Gasteiger partial charge in [-0.2, -0.15) is 0 Å². The Balaban J connectivity index is 2.37. The first-order valence-electron chi connectivity index (χ1n) is 6.64. The smallest absolute Gasteiger partial charge is 0.257 e. The van der Waals surface area contributed by atoms with Gasteiger partial charge in [0.1, 0.15) is 0 Å². The van der Waals surface area contributed by atoms with Crippen LogP contribution in [0.15, 0.2) is 24.3 Å². The predicted octanol–water partition coefficient (Wildman–Crippen LogP) is 2.29. The monoisotopic (exact) mass is 313 g/mol. The zero-order valence-corrected chi connectivity index (χ0v) is 13.4. The SMILES string of the molecule is CCN(CC)CCNC(=S)NC(=O)c1cccc(Cl)c1. The van der Waals surface area contributed by atoms with Gasteiger partial charge >= 0.3 is 0 Å². The summed E-state index contributed by atoms with van der Waals surface area (Å²) in [4.78, 5) is 14.2. The van der Waals surface area contributed by atoms with Crippen LogP contribution in [-0.4, -0.2) is 42.1 Å². The number of carbonyl (C=O) groups is 1. The number of nitrogens with zero attached hydrogens (tertiary/aromatic N) is 1. The van der Waals surface area contributed by atoms with Gasteiger partial charge in [-0.1, -0.05) is 31.5 Å². The lowest BCUT2D eigenvalue weighted by Crippen LogP contribution is -2.42. The van der Waals surface area contributed by atoms with Gasteiger partial charge in [0.25, 0.3) is 5.91 Å². The van der Waals surface area contributed by atoms with Gasteiger partial charge in [-0.05, 0) is 43.5 Å². The molecule has 0 radical (unpaired) electrons. The van der Waals surface area contributed by atoms with Gasteiger partial charge in [0.2, 0.25) is 0 Å². The normalized spacial score (nSPS) is 10.4. The number of thiocarbonyl (C=S) groups is 1. The zero-order valence-electron chi connectivity index (χ0n) is 11.8. The number of rotatable bonds is 6. The van der Waals surface area contributed by atoms with Crippen LogP contribution in [0, 0.1) is 0 Å². The molecule has 0 spiro atoms. The van der Waals surface area contributed by atoms with Gasteiger partial charge in [0.05, 0.1) is 0 Å². The Morgan fingerprint density at radius 1 is 1.35 bits per heavy atom. The van der Waals surface area contributed by atoms with E-state index in [1.807, 2.05) is 0 Å². The largest absolute Gasteiger partial charge is 0.361 e. The van der Waals surface area contributed by atoms with E-state index in [9.17, 15) is 4.79 Å². The molecule has 1 rings (SSSR count). The van der Waals surface area contributed by atoms with Gasteiger partial charge < -0.3 is 10.2 Å². The van der Waals surface area contributed by atoms with Crippen molar-refractivity contribution in [2.45, 2.75) is 13.8 Å². The van der Waals surface area contributed by atoms with E-state index in [1.165, 1.54) is 0 Å². The number of carbonyl (C=O) groups excluding carboxylic acids is 1. The number of hydrogen-bond donors (Lipinski definition) is 2. The highest BCUT2D eigenvalue weighted by atomic mass is 35.5. The molecule has 0 aliphatic heterocycles. The van der Waals surface area contributed by atoms with Gasteiger partial charge in [0, 0.05) is 23.7 Å². The maximum Gasteiger partial charge on any atom is 0.257 e. The fourth-order valence-electron chi connectivity index (χ4n) is 1.72. The second-order valence-corrected chi connectivity index (χ2v) is 5.09. The van der Waals surface area contributed by atoms with E-state index in [4.69, 9.17) is 23.8 Å². The van der Waals surface area contributed by atoms with Crippen molar-refractivity contribution in [3.05, 3.63) is 34.9 Å². The molecule has 0 bridgehead atoms. The van der Waals surface area contributed by atoms with Crippen molar-refractivity contribution < 1.29 is 4.79 Å². The van der Waals surface area contributed by atoms with Crippen LogP contribution in [0.3, 0.4) is 0 Å². The molecule has 0 atom stereocenters. The summed E-state index contributed by atoms with van der Waals surface area (Å²) in [5, 5.41) is 6.52. The molecule has 1 aromatic carbocycles. The van der Waals surface area contributed by atoms with Crippen LogP contribution in [0.1, 0.15) is 24.2 Å². The van der Waals surface area contributed by atoms with E-state index in [0.717, 1.165) is 19.6 Å². The number of amides is 1. The summed E-state index contributed by atoms with van der Waals surface area (Å²) in [6.07, 6.45) is 0. The zero-order chi connectivity index (χ0) is 15.0. The molecule has 0 aromatic heterocycles. The fraction of sp³-hybridized carbons (Fsp3) is 0.429. The average Bonchev–Trinajstić information content (AvgIpc) is 2.43. The van der Waals surface area contributed by atoms with Crippen LogP contribution in [0.4, 0.5) is 0 Å². The van der Waals surface area contributed by atoms with Crippen molar-refractivity contribution in [1.82, 2.24) is 15.5 Å². The Bertz CT molecular complexity index is 463. The van der Waals surface area contributed by atoms with Gasteiger partial charge in [0.15, 0.2) is 5.11 Å². The van der Waals surface area contributed by atoms with E-state index in [2.05, 4.69) is 29.4 Å². The highest BCUT2D eigenvalue weighted by Gasteiger charge is 2.08. The summed E-state index contributed by atoms with van der Waals surface area (Å²) in [5.41, 5.74) is 0.491. The molecule has 0 unspecified atom stereocenters. The standard InChI is InChI=1S/C14H20ClN3OS/c1-3-18(4-2)9-8-16-14(20)17-13(19)11-6-5-7-12(15)10-11/h5-7,10H,3-4,8-9H2,1-2H3,(H2,16,17,19,20). The van der Waals surface area contributed by atoms with Crippen molar-refractivity contribution in [2.24, 2.45) is 0 Å². The molecule has 0 heterocycles. The maximum atomic E-state index is 11.9. The van der Waals surface area contributed by atoms with Gasteiger partial charge in [-0.25, -0.2) is 0 Å². The molecular weight excluding hydrogens is 294 g/mol. The molecule has 0 saturated carbocycles.